The van der Waals surface area contributed by atoms with E-state index in [1.54, 1.807) is 11.7 Å². The molecule has 108 valence electrons. The Morgan fingerprint density at radius 2 is 2.05 bits per heavy atom. The number of halogens is 2. The highest BCUT2D eigenvalue weighted by Gasteiger charge is 2.14. The molecular weight excluding hydrogens is 293 g/mol. The van der Waals surface area contributed by atoms with Gasteiger partial charge in [0.25, 0.3) is 0 Å². The van der Waals surface area contributed by atoms with E-state index in [9.17, 15) is 4.39 Å². The first-order chi connectivity index (χ1) is 10.0. The second-order valence-corrected chi connectivity index (χ2v) is 5.12. The van der Waals surface area contributed by atoms with E-state index in [1.165, 1.54) is 12.1 Å². The summed E-state index contributed by atoms with van der Waals surface area (Å²) in [5.41, 5.74) is 8.86. The number of nitrogens with two attached hydrogens (primary N) is 1. The van der Waals surface area contributed by atoms with Crippen LogP contribution < -0.4 is 10.5 Å². The Morgan fingerprint density at radius 3 is 2.71 bits per heavy atom. The molecule has 21 heavy (non-hydrogen) atoms. The smallest absolute Gasteiger partial charge is 0.205 e. The van der Waals surface area contributed by atoms with Crippen LogP contribution in [0.4, 0.5) is 10.3 Å². The summed E-state index contributed by atoms with van der Waals surface area (Å²) < 4.78 is 20.5. The van der Waals surface area contributed by atoms with Crippen LogP contribution in [0, 0.1) is 12.7 Å². The maximum atomic E-state index is 13.5. The van der Waals surface area contributed by atoms with Gasteiger partial charge in [0, 0.05) is 11.8 Å². The van der Waals surface area contributed by atoms with Crippen LogP contribution in [0.2, 0.25) is 5.02 Å². The van der Waals surface area contributed by atoms with Crippen molar-refractivity contribution in [3.63, 3.8) is 0 Å². The molecule has 0 unspecified atom stereocenters. The monoisotopic (exact) mass is 305 g/mol. The molecule has 0 saturated carbocycles. The first-order valence-corrected chi connectivity index (χ1v) is 6.67. The van der Waals surface area contributed by atoms with Gasteiger partial charge in [0.2, 0.25) is 5.95 Å². The lowest BCUT2D eigenvalue weighted by molar-refractivity contribution is 0.411. The fourth-order valence-electron chi connectivity index (χ4n) is 2.36. The van der Waals surface area contributed by atoms with E-state index in [4.69, 9.17) is 22.1 Å². The highest BCUT2D eigenvalue weighted by molar-refractivity contribution is 6.31. The Labute approximate surface area is 125 Å². The number of nitrogen functional groups attached to an aromatic ring is 1. The molecule has 0 aliphatic heterocycles. The minimum atomic E-state index is -0.514. The standard InChI is InChI=1S/C15H13ClFN3O/c1-8-5-9(3-4-14(8)21-2)20-13-6-10(16)11(17)7-12(13)19-15(20)18/h3-7H,1-2H3,(H2,18,19). The zero-order valence-corrected chi connectivity index (χ0v) is 12.3. The summed E-state index contributed by atoms with van der Waals surface area (Å²) in [6, 6.07) is 8.44. The van der Waals surface area contributed by atoms with Crippen molar-refractivity contribution in [2.45, 2.75) is 6.92 Å². The summed E-state index contributed by atoms with van der Waals surface area (Å²) in [4.78, 5) is 4.17. The first kappa shape index (κ1) is 13.7. The van der Waals surface area contributed by atoms with E-state index >= 15 is 0 Å². The van der Waals surface area contributed by atoms with Crippen molar-refractivity contribution in [1.82, 2.24) is 9.55 Å². The number of hydrogen-bond acceptors (Lipinski definition) is 3. The lowest BCUT2D eigenvalue weighted by Crippen LogP contribution is -2.01. The maximum Gasteiger partial charge on any atom is 0.205 e. The Kier molecular flexibility index (Phi) is 3.22. The third-order valence-electron chi connectivity index (χ3n) is 3.36. The minimum Gasteiger partial charge on any atom is -0.496 e. The zero-order valence-electron chi connectivity index (χ0n) is 11.5. The van der Waals surface area contributed by atoms with Gasteiger partial charge in [-0.05, 0) is 36.8 Å². The Hall–Kier alpha value is -2.27. The summed E-state index contributed by atoms with van der Waals surface area (Å²) >= 11 is 5.86. The van der Waals surface area contributed by atoms with Crippen LogP contribution in [0.5, 0.6) is 5.75 Å². The number of fused-ring (bicyclic) bond motifs is 1. The van der Waals surface area contributed by atoms with Gasteiger partial charge in [0.1, 0.15) is 11.6 Å². The topological polar surface area (TPSA) is 53.1 Å². The van der Waals surface area contributed by atoms with Crippen LogP contribution in [0.3, 0.4) is 0 Å². The summed E-state index contributed by atoms with van der Waals surface area (Å²) in [6.45, 7) is 1.93. The van der Waals surface area contributed by atoms with Crippen molar-refractivity contribution >= 4 is 28.6 Å². The molecule has 2 N–H and O–H groups in total. The number of aryl methyl sites for hydroxylation is 1. The molecule has 0 atom stereocenters. The molecule has 3 rings (SSSR count). The van der Waals surface area contributed by atoms with Gasteiger partial charge in [-0.2, -0.15) is 0 Å². The first-order valence-electron chi connectivity index (χ1n) is 6.29. The van der Waals surface area contributed by atoms with E-state index in [0.29, 0.717) is 11.0 Å². The molecule has 0 saturated heterocycles. The van der Waals surface area contributed by atoms with E-state index in [0.717, 1.165) is 17.0 Å². The summed E-state index contributed by atoms with van der Waals surface area (Å²) in [6.07, 6.45) is 0. The average molecular weight is 306 g/mol. The van der Waals surface area contributed by atoms with Crippen LogP contribution in [0.1, 0.15) is 5.56 Å². The normalized spacial score (nSPS) is 11.0. The van der Waals surface area contributed by atoms with Crippen LogP contribution in [0.15, 0.2) is 30.3 Å². The number of anilines is 1. The van der Waals surface area contributed by atoms with Crippen molar-refractivity contribution < 1.29 is 9.13 Å². The molecule has 6 heteroatoms. The molecule has 3 aromatic rings. The Morgan fingerprint density at radius 1 is 1.29 bits per heavy atom. The molecule has 1 aromatic heterocycles. The molecule has 1 heterocycles. The Bertz CT molecular complexity index is 845. The predicted molar refractivity (Wildman–Crippen MR) is 81.7 cm³/mol. The highest BCUT2D eigenvalue weighted by Crippen LogP contribution is 2.29. The SMILES string of the molecule is COc1ccc(-n2c(N)nc3cc(F)c(Cl)cc32)cc1C. The van der Waals surface area contributed by atoms with Crippen LogP contribution in [0.25, 0.3) is 16.7 Å². The number of benzene rings is 2. The second-order valence-electron chi connectivity index (χ2n) is 4.71. The van der Waals surface area contributed by atoms with Crippen molar-refractivity contribution in [3.05, 3.63) is 46.7 Å². The lowest BCUT2D eigenvalue weighted by atomic mass is 10.2. The van der Waals surface area contributed by atoms with Gasteiger partial charge in [-0.1, -0.05) is 11.6 Å². The Balaban J connectivity index is 2.27. The van der Waals surface area contributed by atoms with Crippen molar-refractivity contribution in [1.29, 1.82) is 0 Å². The van der Waals surface area contributed by atoms with E-state index in [2.05, 4.69) is 4.98 Å². The van der Waals surface area contributed by atoms with Gasteiger partial charge < -0.3 is 10.5 Å². The number of rotatable bonds is 2. The summed E-state index contributed by atoms with van der Waals surface area (Å²) in [7, 11) is 1.62. The number of ether oxygens (including phenoxy) is 1. The van der Waals surface area contributed by atoms with Crippen LogP contribution in [-0.4, -0.2) is 16.7 Å². The van der Waals surface area contributed by atoms with E-state index in [1.807, 2.05) is 25.1 Å². The molecule has 2 aromatic carbocycles. The number of hydrogen-bond donors (Lipinski definition) is 1. The third-order valence-corrected chi connectivity index (χ3v) is 3.65. The quantitative estimate of drug-likeness (QED) is 0.785. The van der Waals surface area contributed by atoms with Gasteiger partial charge in [0.05, 0.1) is 23.2 Å². The molecule has 0 spiro atoms. The van der Waals surface area contributed by atoms with E-state index < -0.39 is 5.82 Å². The molecule has 0 radical (unpaired) electrons. The van der Waals surface area contributed by atoms with Crippen LogP contribution >= 0.6 is 11.6 Å². The molecule has 0 bridgehead atoms. The fraction of sp³-hybridized carbons (Fsp3) is 0.133. The number of methoxy groups -OCH3 is 1. The van der Waals surface area contributed by atoms with Gasteiger partial charge in [-0.3, -0.25) is 4.57 Å². The minimum absolute atomic E-state index is 0.0360. The van der Waals surface area contributed by atoms with Gasteiger partial charge in [-0.15, -0.1) is 0 Å². The van der Waals surface area contributed by atoms with Crippen LogP contribution in [-0.2, 0) is 0 Å². The molecule has 0 aliphatic carbocycles. The highest BCUT2D eigenvalue weighted by atomic mass is 35.5. The van der Waals surface area contributed by atoms with Gasteiger partial charge in [-0.25, -0.2) is 9.37 Å². The predicted octanol–water partition coefficient (Wildman–Crippen LogP) is 3.72. The summed E-state index contributed by atoms with van der Waals surface area (Å²) in [5, 5.41) is 0.0360. The number of nitrogens with zero attached hydrogens (tertiary/aromatic N) is 2. The van der Waals surface area contributed by atoms with Gasteiger partial charge >= 0.3 is 0 Å². The van der Waals surface area contributed by atoms with Crippen molar-refractivity contribution in [2.24, 2.45) is 0 Å². The van der Waals surface area contributed by atoms with Crippen molar-refractivity contribution in [3.8, 4) is 11.4 Å². The molecule has 0 fully saturated rings. The number of aromatic nitrogens is 2. The molecule has 0 amide bonds. The second kappa shape index (κ2) is 4.93. The third kappa shape index (κ3) is 2.19. The fourth-order valence-corrected chi connectivity index (χ4v) is 2.52. The van der Waals surface area contributed by atoms with E-state index in [-0.39, 0.29) is 11.0 Å². The maximum absolute atomic E-state index is 13.5. The molecular formula is C15H13ClFN3O. The summed E-state index contributed by atoms with van der Waals surface area (Å²) in [5.74, 6) is 0.543. The molecule has 4 nitrogen and oxygen atoms in total. The average Bonchev–Trinajstić information content (AvgIpc) is 2.74. The zero-order chi connectivity index (χ0) is 15.1. The number of imidazole rings is 1. The van der Waals surface area contributed by atoms with Gasteiger partial charge in [0.15, 0.2) is 0 Å². The largest absolute Gasteiger partial charge is 0.496 e. The molecule has 0 aliphatic rings. The lowest BCUT2D eigenvalue weighted by Gasteiger charge is -2.10. The van der Waals surface area contributed by atoms with Crippen molar-refractivity contribution in [2.75, 3.05) is 12.8 Å².